The fourth-order valence-corrected chi connectivity index (χ4v) is 4.72. The van der Waals surface area contributed by atoms with Gasteiger partial charge in [-0.2, -0.15) is 4.31 Å². The minimum absolute atomic E-state index is 0.0628. The third-order valence-corrected chi connectivity index (χ3v) is 6.82. The van der Waals surface area contributed by atoms with Gasteiger partial charge >= 0.3 is 0 Å². The molecule has 0 aliphatic carbocycles. The van der Waals surface area contributed by atoms with Gasteiger partial charge in [0.2, 0.25) is 10.0 Å². The highest BCUT2D eigenvalue weighted by molar-refractivity contribution is 7.89. The summed E-state index contributed by atoms with van der Waals surface area (Å²) >= 11 is 0. The van der Waals surface area contributed by atoms with Crippen molar-refractivity contribution in [2.45, 2.75) is 32.8 Å². The second-order valence-corrected chi connectivity index (χ2v) is 9.36. The van der Waals surface area contributed by atoms with Crippen molar-refractivity contribution in [3.05, 3.63) is 29.3 Å². The predicted molar refractivity (Wildman–Crippen MR) is 102 cm³/mol. The molecule has 1 aromatic rings. The highest BCUT2D eigenvalue weighted by atomic mass is 32.2. The van der Waals surface area contributed by atoms with Gasteiger partial charge in [0.05, 0.1) is 25.1 Å². The molecule has 7 heteroatoms. The van der Waals surface area contributed by atoms with Crippen LogP contribution in [0.4, 0.5) is 0 Å². The van der Waals surface area contributed by atoms with E-state index < -0.39 is 10.0 Å². The minimum Gasteiger partial charge on any atom is -0.493 e. The molecule has 6 nitrogen and oxygen atoms in total. The van der Waals surface area contributed by atoms with Crippen LogP contribution in [-0.4, -0.2) is 75.4 Å². The van der Waals surface area contributed by atoms with E-state index in [9.17, 15) is 8.42 Å². The van der Waals surface area contributed by atoms with Gasteiger partial charge in [0, 0.05) is 39.1 Å². The van der Waals surface area contributed by atoms with Gasteiger partial charge < -0.3 is 14.4 Å². The molecule has 0 unspecified atom stereocenters. The molecule has 1 saturated heterocycles. The zero-order chi connectivity index (χ0) is 18.6. The summed E-state index contributed by atoms with van der Waals surface area (Å²) in [5.41, 5.74) is 2.64. The summed E-state index contributed by atoms with van der Waals surface area (Å²) in [4.78, 5) is 2.35. The van der Waals surface area contributed by atoms with E-state index in [1.54, 1.807) is 4.31 Å². The summed E-state index contributed by atoms with van der Waals surface area (Å²) in [5.74, 6) is 1.09. The Bertz CT molecular complexity index is 697. The van der Waals surface area contributed by atoms with E-state index >= 15 is 0 Å². The minimum atomic E-state index is -3.21. The van der Waals surface area contributed by atoms with E-state index in [1.165, 1.54) is 11.1 Å². The molecule has 0 spiro atoms. The SMILES string of the molecule is CC(C)OCCS(=O)(=O)N1CCN(CCc2ccc3c(c2)CCO3)CC1. The molecule has 146 valence electrons. The monoisotopic (exact) mass is 382 g/mol. The Morgan fingerprint density at radius 3 is 2.69 bits per heavy atom. The van der Waals surface area contributed by atoms with Crippen LogP contribution in [0.1, 0.15) is 25.0 Å². The van der Waals surface area contributed by atoms with Gasteiger partial charge in [0.25, 0.3) is 0 Å². The Balaban J connectivity index is 1.42. The zero-order valence-electron chi connectivity index (χ0n) is 15.8. The standard InChI is InChI=1S/C19H30N2O4S/c1-16(2)24-13-14-26(22,23)21-10-8-20(9-11-21)7-5-17-3-4-19-18(15-17)6-12-25-19/h3-4,15-16H,5-14H2,1-2H3. The lowest BCUT2D eigenvalue weighted by Gasteiger charge is -2.34. The molecule has 0 amide bonds. The van der Waals surface area contributed by atoms with Crippen LogP contribution in [0.25, 0.3) is 0 Å². The lowest BCUT2D eigenvalue weighted by Crippen LogP contribution is -2.49. The fourth-order valence-electron chi connectivity index (χ4n) is 3.43. The normalized spacial score (nSPS) is 18.9. The van der Waals surface area contributed by atoms with Crippen LogP contribution in [0.2, 0.25) is 0 Å². The van der Waals surface area contributed by atoms with Crippen molar-refractivity contribution in [1.29, 1.82) is 0 Å². The molecule has 2 heterocycles. The number of hydrogen-bond donors (Lipinski definition) is 0. The van der Waals surface area contributed by atoms with Crippen LogP contribution in [0.15, 0.2) is 18.2 Å². The van der Waals surface area contributed by atoms with E-state index in [0.717, 1.165) is 44.8 Å². The van der Waals surface area contributed by atoms with Crippen molar-refractivity contribution in [3.8, 4) is 5.75 Å². The third kappa shape index (κ3) is 5.19. The summed E-state index contributed by atoms with van der Waals surface area (Å²) in [5, 5.41) is 0. The Morgan fingerprint density at radius 1 is 1.19 bits per heavy atom. The maximum atomic E-state index is 12.4. The van der Waals surface area contributed by atoms with Crippen LogP contribution >= 0.6 is 0 Å². The molecule has 2 aliphatic heterocycles. The molecule has 0 radical (unpaired) electrons. The maximum absolute atomic E-state index is 12.4. The van der Waals surface area contributed by atoms with Gasteiger partial charge in [-0.1, -0.05) is 12.1 Å². The Hall–Kier alpha value is -1.15. The first-order chi connectivity index (χ1) is 12.4. The largest absolute Gasteiger partial charge is 0.493 e. The number of fused-ring (bicyclic) bond motifs is 1. The smallest absolute Gasteiger partial charge is 0.216 e. The topological polar surface area (TPSA) is 59.1 Å². The molecular weight excluding hydrogens is 352 g/mol. The number of benzene rings is 1. The van der Waals surface area contributed by atoms with E-state index in [0.29, 0.717) is 13.1 Å². The maximum Gasteiger partial charge on any atom is 0.216 e. The molecule has 2 aliphatic rings. The van der Waals surface area contributed by atoms with Crippen molar-refractivity contribution < 1.29 is 17.9 Å². The Kier molecular flexibility index (Phi) is 6.55. The molecule has 0 saturated carbocycles. The Labute approximate surface area is 157 Å². The molecule has 0 bridgehead atoms. The third-order valence-electron chi connectivity index (χ3n) is 4.99. The van der Waals surface area contributed by atoms with Crippen molar-refractivity contribution in [3.63, 3.8) is 0 Å². The van der Waals surface area contributed by atoms with E-state index in [4.69, 9.17) is 9.47 Å². The van der Waals surface area contributed by atoms with Gasteiger partial charge in [0.1, 0.15) is 5.75 Å². The van der Waals surface area contributed by atoms with Crippen LogP contribution in [0.5, 0.6) is 5.75 Å². The molecule has 1 fully saturated rings. The molecule has 26 heavy (non-hydrogen) atoms. The highest BCUT2D eigenvalue weighted by Gasteiger charge is 2.26. The van der Waals surface area contributed by atoms with E-state index in [-0.39, 0.29) is 18.5 Å². The van der Waals surface area contributed by atoms with Crippen molar-refractivity contribution in [2.24, 2.45) is 0 Å². The van der Waals surface area contributed by atoms with E-state index in [1.807, 2.05) is 13.8 Å². The summed E-state index contributed by atoms with van der Waals surface area (Å²) < 4.78 is 37.3. The summed E-state index contributed by atoms with van der Waals surface area (Å²) in [6.45, 7) is 8.57. The second-order valence-electron chi connectivity index (χ2n) is 7.27. The van der Waals surface area contributed by atoms with Crippen LogP contribution in [0, 0.1) is 0 Å². The lowest BCUT2D eigenvalue weighted by atomic mass is 10.1. The predicted octanol–water partition coefficient (Wildman–Crippen LogP) is 1.54. The number of nitrogens with zero attached hydrogens (tertiary/aromatic N) is 2. The zero-order valence-corrected chi connectivity index (χ0v) is 16.6. The first-order valence-electron chi connectivity index (χ1n) is 9.50. The molecule has 0 N–H and O–H groups in total. The van der Waals surface area contributed by atoms with E-state index in [2.05, 4.69) is 23.1 Å². The number of hydrogen-bond acceptors (Lipinski definition) is 5. The average Bonchev–Trinajstić information content (AvgIpc) is 3.07. The lowest BCUT2D eigenvalue weighted by molar-refractivity contribution is 0.0902. The first kappa shape index (κ1) is 19.6. The van der Waals surface area contributed by atoms with Crippen LogP contribution in [0.3, 0.4) is 0 Å². The molecule has 0 aromatic heterocycles. The number of rotatable bonds is 8. The van der Waals surface area contributed by atoms with Gasteiger partial charge in [-0.25, -0.2) is 8.42 Å². The van der Waals surface area contributed by atoms with Crippen LogP contribution < -0.4 is 4.74 Å². The second kappa shape index (κ2) is 8.69. The van der Waals surface area contributed by atoms with Crippen molar-refractivity contribution >= 4 is 10.0 Å². The summed E-state index contributed by atoms with van der Waals surface area (Å²) in [7, 11) is -3.21. The number of ether oxygens (including phenoxy) is 2. The summed E-state index contributed by atoms with van der Waals surface area (Å²) in [6, 6.07) is 6.46. The molecule has 3 rings (SSSR count). The number of piperazine rings is 1. The first-order valence-corrected chi connectivity index (χ1v) is 11.1. The Morgan fingerprint density at radius 2 is 1.96 bits per heavy atom. The van der Waals surface area contributed by atoms with Gasteiger partial charge in [0.15, 0.2) is 0 Å². The molecular formula is C19H30N2O4S. The quantitative estimate of drug-likeness (QED) is 0.683. The summed E-state index contributed by atoms with van der Waals surface area (Å²) in [6.07, 6.45) is 2.05. The molecule has 0 atom stereocenters. The van der Waals surface area contributed by atoms with Gasteiger partial charge in [-0.15, -0.1) is 0 Å². The average molecular weight is 383 g/mol. The van der Waals surface area contributed by atoms with Crippen LogP contribution in [-0.2, 0) is 27.6 Å². The molecule has 1 aromatic carbocycles. The van der Waals surface area contributed by atoms with Crippen molar-refractivity contribution in [1.82, 2.24) is 9.21 Å². The highest BCUT2D eigenvalue weighted by Crippen LogP contribution is 2.26. The number of sulfonamides is 1. The van der Waals surface area contributed by atoms with Gasteiger partial charge in [-0.05, 0) is 37.5 Å². The van der Waals surface area contributed by atoms with Gasteiger partial charge in [-0.3, -0.25) is 0 Å². The van der Waals surface area contributed by atoms with Crippen molar-refractivity contribution in [2.75, 3.05) is 51.7 Å². The fraction of sp³-hybridized carbons (Fsp3) is 0.684.